The highest BCUT2D eigenvalue weighted by Crippen LogP contribution is 2.27. The summed E-state index contributed by atoms with van der Waals surface area (Å²) >= 11 is 3.35. The van der Waals surface area contributed by atoms with Crippen LogP contribution in [0.2, 0.25) is 0 Å². The molecule has 0 aliphatic heterocycles. The molecule has 2 rings (SSSR count). The molecule has 0 saturated carbocycles. The molecule has 3 N–H and O–H groups in total. The molecule has 0 aliphatic rings. The Morgan fingerprint density at radius 2 is 2.18 bits per heavy atom. The molecule has 2 aromatic rings. The molecule has 0 bridgehead atoms. The molecule has 17 heavy (non-hydrogen) atoms. The fourth-order valence-corrected chi connectivity index (χ4v) is 1.68. The van der Waals surface area contributed by atoms with Crippen molar-refractivity contribution in [1.82, 2.24) is 4.98 Å². The Kier molecular flexibility index (Phi) is 3.39. The van der Waals surface area contributed by atoms with E-state index in [1.165, 1.54) is 0 Å². The molecule has 1 aromatic heterocycles. The van der Waals surface area contributed by atoms with Crippen LogP contribution in [0.1, 0.15) is 5.56 Å². The number of pyridine rings is 1. The number of amidine groups is 1. The van der Waals surface area contributed by atoms with Gasteiger partial charge in [-0.2, -0.15) is 0 Å². The van der Waals surface area contributed by atoms with Crippen LogP contribution in [0.25, 0.3) is 0 Å². The second-order valence-electron chi connectivity index (χ2n) is 3.34. The van der Waals surface area contributed by atoms with Gasteiger partial charge in [-0.3, -0.25) is 10.4 Å². The van der Waals surface area contributed by atoms with Crippen LogP contribution in [-0.2, 0) is 0 Å². The molecular formula is C12H10BrN3O. The number of nitrogens with zero attached hydrogens (tertiary/aromatic N) is 1. The molecule has 86 valence electrons. The zero-order valence-electron chi connectivity index (χ0n) is 8.85. The monoisotopic (exact) mass is 291 g/mol. The van der Waals surface area contributed by atoms with Crippen LogP contribution in [-0.4, -0.2) is 10.8 Å². The van der Waals surface area contributed by atoms with E-state index >= 15 is 0 Å². The van der Waals surface area contributed by atoms with Crippen LogP contribution in [0.4, 0.5) is 0 Å². The highest BCUT2D eigenvalue weighted by Gasteiger charge is 2.08. The topological polar surface area (TPSA) is 72.0 Å². The summed E-state index contributed by atoms with van der Waals surface area (Å²) in [7, 11) is 0. The van der Waals surface area contributed by atoms with Gasteiger partial charge >= 0.3 is 0 Å². The van der Waals surface area contributed by atoms with Crippen LogP contribution >= 0.6 is 15.9 Å². The molecule has 0 radical (unpaired) electrons. The van der Waals surface area contributed by atoms with Gasteiger partial charge in [-0.1, -0.05) is 15.9 Å². The van der Waals surface area contributed by atoms with Crippen LogP contribution in [0, 0.1) is 5.41 Å². The van der Waals surface area contributed by atoms with Crippen molar-refractivity contribution in [3.05, 3.63) is 52.8 Å². The average molecular weight is 292 g/mol. The largest absolute Gasteiger partial charge is 0.455 e. The molecular weight excluding hydrogens is 282 g/mol. The van der Waals surface area contributed by atoms with Crippen LogP contribution in [0.3, 0.4) is 0 Å². The summed E-state index contributed by atoms with van der Waals surface area (Å²) in [4.78, 5) is 3.96. The van der Waals surface area contributed by atoms with Crippen molar-refractivity contribution >= 4 is 21.8 Å². The predicted molar refractivity (Wildman–Crippen MR) is 69.5 cm³/mol. The fraction of sp³-hybridized carbons (Fsp3) is 0. The van der Waals surface area contributed by atoms with E-state index in [-0.39, 0.29) is 5.84 Å². The molecule has 0 amide bonds. The van der Waals surface area contributed by atoms with Gasteiger partial charge in [0.15, 0.2) is 0 Å². The van der Waals surface area contributed by atoms with Gasteiger partial charge in [0, 0.05) is 10.7 Å². The first-order chi connectivity index (χ1) is 8.16. The number of nitrogen functional groups attached to an aromatic ring is 1. The zero-order valence-corrected chi connectivity index (χ0v) is 10.4. The lowest BCUT2D eigenvalue weighted by atomic mass is 10.2. The highest BCUT2D eigenvalue weighted by atomic mass is 79.9. The Hall–Kier alpha value is -1.88. The predicted octanol–water partition coefficient (Wildman–Crippen LogP) is 2.92. The molecule has 0 atom stereocenters. The number of hydrogen-bond donors (Lipinski definition) is 2. The second kappa shape index (κ2) is 4.97. The van der Waals surface area contributed by atoms with Crippen molar-refractivity contribution in [2.75, 3.05) is 0 Å². The minimum atomic E-state index is -0.0311. The van der Waals surface area contributed by atoms with E-state index in [9.17, 15) is 0 Å². The van der Waals surface area contributed by atoms with Crippen molar-refractivity contribution in [2.45, 2.75) is 0 Å². The molecule has 5 heteroatoms. The maximum atomic E-state index is 7.48. The maximum Gasteiger partial charge on any atom is 0.145 e. The summed E-state index contributed by atoms with van der Waals surface area (Å²) < 4.78 is 6.50. The average Bonchev–Trinajstić information content (AvgIpc) is 2.30. The molecule has 4 nitrogen and oxygen atoms in total. The van der Waals surface area contributed by atoms with Crippen LogP contribution in [0.5, 0.6) is 11.5 Å². The quantitative estimate of drug-likeness (QED) is 0.675. The summed E-state index contributed by atoms with van der Waals surface area (Å²) in [5.41, 5.74) is 6.04. The minimum Gasteiger partial charge on any atom is -0.455 e. The lowest BCUT2D eigenvalue weighted by Crippen LogP contribution is -2.12. The van der Waals surface area contributed by atoms with E-state index < -0.39 is 0 Å². The summed E-state index contributed by atoms with van der Waals surface area (Å²) in [6.07, 6.45) is 3.27. The first-order valence-corrected chi connectivity index (χ1v) is 5.68. The molecule has 0 fully saturated rings. The van der Waals surface area contributed by atoms with Crippen molar-refractivity contribution in [1.29, 1.82) is 5.41 Å². The second-order valence-corrected chi connectivity index (χ2v) is 4.26. The fourth-order valence-electron chi connectivity index (χ4n) is 1.34. The molecule has 0 spiro atoms. The number of rotatable bonds is 3. The lowest BCUT2D eigenvalue weighted by Gasteiger charge is -2.10. The van der Waals surface area contributed by atoms with Gasteiger partial charge < -0.3 is 10.5 Å². The number of aromatic nitrogens is 1. The highest BCUT2D eigenvalue weighted by molar-refractivity contribution is 9.10. The molecule has 0 saturated heterocycles. The van der Waals surface area contributed by atoms with Crippen molar-refractivity contribution in [3.63, 3.8) is 0 Å². The summed E-state index contributed by atoms with van der Waals surface area (Å²) in [5.74, 6) is 1.10. The third kappa shape index (κ3) is 2.82. The standard InChI is InChI=1S/C12H10BrN3O/c13-8-3-4-10(12(14)15)11(6-8)17-9-2-1-5-16-7-9/h1-7H,(H3,14,15). The van der Waals surface area contributed by atoms with Gasteiger partial charge in [-0.15, -0.1) is 0 Å². The number of benzene rings is 1. The first-order valence-electron chi connectivity index (χ1n) is 4.88. The number of nitrogens with two attached hydrogens (primary N) is 1. The Morgan fingerprint density at radius 3 is 2.82 bits per heavy atom. The van der Waals surface area contributed by atoms with Crippen molar-refractivity contribution in [3.8, 4) is 11.5 Å². The molecule has 0 aliphatic carbocycles. The van der Waals surface area contributed by atoms with E-state index in [1.54, 1.807) is 36.7 Å². The van der Waals surface area contributed by atoms with Gasteiger partial charge in [-0.05, 0) is 30.3 Å². The van der Waals surface area contributed by atoms with Gasteiger partial charge in [0.25, 0.3) is 0 Å². The Bertz CT molecular complexity index is 543. The normalized spacial score (nSPS) is 9.94. The van der Waals surface area contributed by atoms with Gasteiger partial charge in [0.05, 0.1) is 11.8 Å². The summed E-state index contributed by atoms with van der Waals surface area (Å²) in [6.45, 7) is 0. The third-order valence-electron chi connectivity index (χ3n) is 2.10. The number of halogens is 1. The minimum absolute atomic E-state index is 0.0311. The molecule has 0 unspecified atom stereocenters. The summed E-state index contributed by atoms with van der Waals surface area (Å²) in [5, 5.41) is 7.48. The van der Waals surface area contributed by atoms with E-state index in [0.29, 0.717) is 17.1 Å². The maximum absolute atomic E-state index is 7.48. The number of ether oxygens (including phenoxy) is 1. The number of hydrogen-bond acceptors (Lipinski definition) is 3. The Balaban J connectivity index is 2.37. The lowest BCUT2D eigenvalue weighted by molar-refractivity contribution is 0.479. The van der Waals surface area contributed by atoms with Crippen molar-refractivity contribution in [2.24, 2.45) is 5.73 Å². The van der Waals surface area contributed by atoms with Gasteiger partial charge in [-0.25, -0.2) is 0 Å². The zero-order chi connectivity index (χ0) is 12.3. The van der Waals surface area contributed by atoms with E-state index in [1.807, 2.05) is 6.07 Å². The third-order valence-corrected chi connectivity index (χ3v) is 2.59. The van der Waals surface area contributed by atoms with Gasteiger partial charge in [0.1, 0.15) is 17.3 Å². The molecule has 1 aromatic carbocycles. The van der Waals surface area contributed by atoms with Crippen molar-refractivity contribution < 1.29 is 4.74 Å². The summed E-state index contributed by atoms with van der Waals surface area (Å²) in [6, 6.07) is 8.88. The van der Waals surface area contributed by atoms with Crippen LogP contribution < -0.4 is 10.5 Å². The Morgan fingerprint density at radius 1 is 1.35 bits per heavy atom. The molecule has 1 heterocycles. The number of nitrogens with one attached hydrogen (secondary N) is 1. The smallest absolute Gasteiger partial charge is 0.145 e. The van der Waals surface area contributed by atoms with Crippen LogP contribution in [0.15, 0.2) is 47.2 Å². The van der Waals surface area contributed by atoms with E-state index in [2.05, 4.69) is 20.9 Å². The SMILES string of the molecule is N=C(N)c1ccc(Br)cc1Oc1cccnc1. The van der Waals surface area contributed by atoms with E-state index in [4.69, 9.17) is 15.9 Å². The van der Waals surface area contributed by atoms with E-state index in [0.717, 1.165) is 4.47 Å². The van der Waals surface area contributed by atoms with Gasteiger partial charge in [0.2, 0.25) is 0 Å². The first kappa shape index (κ1) is 11.6. The Labute approximate surface area is 107 Å².